The van der Waals surface area contributed by atoms with E-state index in [9.17, 15) is 4.79 Å². The Hall–Kier alpha value is -0.590. The van der Waals surface area contributed by atoms with Gasteiger partial charge in [0.05, 0.1) is 0 Å². The highest BCUT2D eigenvalue weighted by Crippen LogP contribution is 2.39. The van der Waals surface area contributed by atoms with Gasteiger partial charge in [-0.05, 0) is 19.8 Å². The van der Waals surface area contributed by atoms with Gasteiger partial charge in [-0.3, -0.25) is 4.79 Å². The molecule has 1 saturated carbocycles. The molecular weight excluding hydrogens is 124 g/mol. The zero-order valence-electron chi connectivity index (χ0n) is 6.52. The molecule has 0 bridgehead atoms. The molecule has 0 unspecified atom stereocenters. The summed E-state index contributed by atoms with van der Waals surface area (Å²) in [5.41, 5.74) is -0.139. The van der Waals surface area contributed by atoms with Gasteiger partial charge < -0.3 is 0 Å². The normalized spacial score (nSPS) is 22.5. The van der Waals surface area contributed by atoms with Gasteiger partial charge in [0.2, 0.25) is 0 Å². The van der Waals surface area contributed by atoms with Crippen molar-refractivity contribution < 1.29 is 4.79 Å². The zero-order chi connectivity index (χ0) is 7.61. The monoisotopic (exact) mass is 138 g/mol. The van der Waals surface area contributed by atoms with Crippen molar-refractivity contribution >= 4 is 5.78 Å². The van der Waals surface area contributed by atoms with Gasteiger partial charge in [-0.1, -0.05) is 18.9 Å². The van der Waals surface area contributed by atoms with E-state index in [0.29, 0.717) is 5.78 Å². The number of hydrogen-bond donors (Lipinski definition) is 0. The van der Waals surface area contributed by atoms with Crippen LogP contribution in [0.2, 0.25) is 0 Å². The number of ketones is 1. The maximum absolute atomic E-state index is 11.1. The fraction of sp³-hybridized carbons (Fsp3) is 0.667. The van der Waals surface area contributed by atoms with E-state index in [-0.39, 0.29) is 5.41 Å². The molecule has 1 heteroatoms. The minimum atomic E-state index is -0.139. The van der Waals surface area contributed by atoms with Crippen LogP contribution < -0.4 is 0 Å². The molecule has 1 nitrogen and oxygen atoms in total. The third kappa shape index (κ3) is 1.00. The Kier molecular flexibility index (Phi) is 1.93. The standard InChI is InChI=1S/C9H14O/c1-3-9(8(2)10)6-4-5-7-9/h3H,1,4-7H2,2H3. The van der Waals surface area contributed by atoms with Crippen molar-refractivity contribution in [2.24, 2.45) is 5.41 Å². The van der Waals surface area contributed by atoms with Crippen LogP contribution in [-0.4, -0.2) is 5.78 Å². The highest BCUT2D eigenvalue weighted by atomic mass is 16.1. The van der Waals surface area contributed by atoms with E-state index in [1.165, 1.54) is 12.8 Å². The first-order valence-corrected chi connectivity index (χ1v) is 3.86. The molecule has 0 N–H and O–H groups in total. The van der Waals surface area contributed by atoms with Crippen molar-refractivity contribution in [2.75, 3.05) is 0 Å². The van der Waals surface area contributed by atoms with Crippen LogP contribution in [0, 0.1) is 5.41 Å². The maximum Gasteiger partial charge on any atom is 0.139 e. The lowest BCUT2D eigenvalue weighted by Gasteiger charge is -2.19. The van der Waals surface area contributed by atoms with E-state index in [2.05, 4.69) is 6.58 Å². The fourth-order valence-corrected chi connectivity index (χ4v) is 1.71. The molecule has 1 fully saturated rings. The zero-order valence-corrected chi connectivity index (χ0v) is 6.52. The Morgan fingerprint density at radius 2 is 2.00 bits per heavy atom. The number of hydrogen-bond acceptors (Lipinski definition) is 1. The number of allylic oxidation sites excluding steroid dienone is 1. The number of Topliss-reactive ketones (excluding diaryl/α,β-unsaturated/α-hetero) is 1. The molecule has 0 aromatic carbocycles. The quantitative estimate of drug-likeness (QED) is 0.535. The molecule has 1 aliphatic carbocycles. The van der Waals surface area contributed by atoms with Crippen LogP contribution in [0.15, 0.2) is 12.7 Å². The van der Waals surface area contributed by atoms with Gasteiger partial charge in [-0.2, -0.15) is 0 Å². The second-order valence-electron chi connectivity index (χ2n) is 3.12. The summed E-state index contributed by atoms with van der Waals surface area (Å²) in [7, 11) is 0. The summed E-state index contributed by atoms with van der Waals surface area (Å²) in [5, 5.41) is 0. The Balaban J connectivity index is 2.76. The molecule has 10 heavy (non-hydrogen) atoms. The molecule has 1 rings (SSSR count). The van der Waals surface area contributed by atoms with E-state index in [1.807, 2.05) is 6.08 Å². The van der Waals surface area contributed by atoms with Gasteiger partial charge in [-0.25, -0.2) is 0 Å². The molecule has 0 aromatic rings. The summed E-state index contributed by atoms with van der Waals surface area (Å²) in [5.74, 6) is 0.292. The Labute approximate surface area is 62.1 Å². The molecule has 56 valence electrons. The summed E-state index contributed by atoms with van der Waals surface area (Å²) < 4.78 is 0. The molecule has 0 amide bonds. The van der Waals surface area contributed by atoms with Crippen LogP contribution in [0.5, 0.6) is 0 Å². The average molecular weight is 138 g/mol. The molecule has 0 aliphatic heterocycles. The SMILES string of the molecule is C=CC1(C(C)=O)CCCC1. The van der Waals surface area contributed by atoms with Crippen LogP contribution in [0.1, 0.15) is 32.6 Å². The summed E-state index contributed by atoms with van der Waals surface area (Å²) >= 11 is 0. The van der Waals surface area contributed by atoms with Gasteiger partial charge >= 0.3 is 0 Å². The van der Waals surface area contributed by atoms with Crippen molar-refractivity contribution in [1.29, 1.82) is 0 Å². The molecule has 0 aromatic heterocycles. The van der Waals surface area contributed by atoms with Crippen LogP contribution in [-0.2, 0) is 4.79 Å². The van der Waals surface area contributed by atoms with E-state index in [1.54, 1.807) is 6.92 Å². The lowest BCUT2D eigenvalue weighted by molar-refractivity contribution is -0.123. The second kappa shape index (κ2) is 2.57. The van der Waals surface area contributed by atoms with Crippen LogP contribution in [0.4, 0.5) is 0 Å². The Morgan fingerprint density at radius 3 is 2.20 bits per heavy atom. The molecule has 0 atom stereocenters. The molecule has 0 heterocycles. The summed E-state index contributed by atoms with van der Waals surface area (Å²) in [6.45, 7) is 5.39. The summed E-state index contributed by atoms with van der Waals surface area (Å²) in [4.78, 5) is 11.1. The van der Waals surface area contributed by atoms with E-state index >= 15 is 0 Å². The van der Waals surface area contributed by atoms with Crippen molar-refractivity contribution in [2.45, 2.75) is 32.6 Å². The smallest absolute Gasteiger partial charge is 0.139 e. The van der Waals surface area contributed by atoms with Gasteiger partial charge in [0.1, 0.15) is 5.78 Å². The van der Waals surface area contributed by atoms with E-state index in [4.69, 9.17) is 0 Å². The first-order chi connectivity index (χ1) is 4.71. The van der Waals surface area contributed by atoms with Gasteiger partial charge in [0, 0.05) is 5.41 Å². The molecular formula is C9H14O. The van der Waals surface area contributed by atoms with Crippen LogP contribution in [0.25, 0.3) is 0 Å². The third-order valence-electron chi connectivity index (χ3n) is 2.59. The van der Waals surface area contributed by atoms with Crippen LogP contribution in [0.3, 0.4) is 0 Å². The van der Waals surface area contributed by atoms with E-state index < -0.39 is 0 Å². The molecule has 0 spiro atoms. The van der Waals surface area contributed by atoms with Gasteiger partial charge in [0.25, 0.3) is 0 Å². The van der Waals surface area contributed by atoms with Crippen LogP contribution >= 0.6 is 0 Å². The lowest BCUT2D eigenvalue weighted by atomic mass is 9.83. The van der Waals surface area contributed by atoms with Gasteiger partial charge in [0.15, 0.2) is 0 Å². The summed E-state index contributed by atoms with van der Waals surface area (Å²) in [6.07, 6.45) is 6.25. The van der Waals surface area contributed by atoms with E-state index in [0.717, 1.165) is 12.8 Å². The molecule has 0 saturated heterocycles. The fourth-order valence-electron chi connectivity index (χ4n) is 1.71. The predicted molar refractivity (Wildman–Crippen MR) is 41.8 cm³/mol. The van der Waals surface area contributed by atoms with Crippen molar-refractivity contribution in [1.82, 2.24) is 0 Å². The Bertz CT molecular complexity index is 152. The first kappa shape index (κ1) is 7.52. The maximum atomic E-state index is 11.1. The number of carbonyl (C=O) groups excluding carboxylic acids is 1. The molecule has 0 radical (unpaired) electrons. The second-order valence-corrected chi connectivity index (χ2v) is 3.12. The minimum absolute atomic E-state index is 0.139. The first-order valence-electron chi connectivity index (χ1n) is 3.86. The highest BCUT2D eigenvalue weighted by Gasteiger charge is 2.34. The largest absolute Gasteiger partial charge is 0.299 e. The van der Waals surface area contributed by atoms with Crippen molar-refractivity contribution in [3.8, 4) is 0 Å². The topological polar surface area (TPSA) is 17.1 Å². The summed E-state index contributed by atoms with van der Waals surface area (Å²) in [6, 6.07) is 0. The number of carbonyl (C=O) groups is 1. The van der Waals surface area contributed by atoms with Gasteiger partial charge in [-0.15, -0.1) is 6.58 Å². The lowest BCUT2D eigenvalue weighted by Crippen LogP contribution is -2.22. The van der Waals surface area contributed by atoms with Crippen molar-refractivity contribution in [3.05, 3.63) is 12.7 Å². The third-order valence-corrected chi connectivity index (χ3v) is 2.59. The molecule has 1 aliphatic rings. The average Bonchev–Trinajstić information content (AvgIpc) is 2.35. The van der Waals surface area contributed by atoms with Crippen molar-refractivity contribution in [3.63, 3.8) is 0 Å². The number of rotatable bonds is 2. The predicted octanol–water partition coefficient (Wildman–Crippen LogP) is 2.32. The minimum Gasteiger partial charge on any atom is -0.299 e. The highest BCUT2D eigenvalue weighted by molar-refractivity contribution is 5.84. The Morgan fingerprint density at radius 1 is 1.50 bits per heavy atom.